The standard InChI is InChI=1S/C7H13NO3/c1-3(2)4-5(9)7(11)8-6(4)10/h3-5,7,9,11H,1-2H3,(H,8,10)/t4?,5?,7-/m1/s1. The lowest BCUT2D eigenvalue weighted by molar-refractivity contribution is -0.125. The monoisotopic (exact) mass is 159 g/mol. The second kappa shape index (κ2) is 2.79. The molecule has 1 heterocycles. The Morgan fingerprint density at radius 3 is 2.18 bits per heavy atom. The number of hydrogen-bond donors (Lipinski definition) is 3. The largest absolute Gasteiger partial charge is 0.388 e. The van der Waals surface area contributed by atoms with Gasteiger partial charge >= 0.3 is 0 Å². The van der Waals surface area contributed by atoms with Gasteiger partial charge in [-0.25, -0.2) is 0 Å². The highest BCUT2D eigenvalue weighted by Gasteiger charge is 2.41. The minimum atomic E-state index is -1.09. The highest BCUT2D eigenvalue weighted by Crippen LogP contribution is 2.22. The van der Waals surface area contributed by atoms with Crippen molar-refractivity contribution in [2.24, 2.45) is 11.8 Å². The van der Waals surface area contributed by atoms with Gasteiger partial charge in [-0.05, 0) is 5.92 Å². The first-order valence-electron chi connectivity index (χ1n) is 3.70. The molecule has 0 saturated carbocycles. The van der Waals surface area contributed by atoms with E-state index in [2.05, 4.69) is 5.32 Å². The molecule has 3 atom stereocenters. The first-order valence-corrected chi connectivity index (χ1v) is 3.70. The molecule has 1 fully saturated rings. The van der Waals surface area contributed by atoms with Crippen molar-refractivity contribution in [3.8, 4) is 0 Å². The Morgan fingerprint density at radius 2 is 2.00 bits per heavy atom. The molecule has 0 aliphatic carbocycles. The van der Waals surface area contributed by atoms with Crippen LogP contribution in [-0.2, 0) is 4.79 Å². The van der Waals surface area contributed by atoms with Gasteiger partial charge in [-0.1, -0.05) is 13.8 Å². The van der Waals surface area contributed by atoms with Crippen LogP contribution in [0.5, 0.6) is 0 Å². The lowest BCUT2D eigenvalue weighted by Crippen LogP contribution is -2.31. The smallest absolute Gasteiger partial charge is 0.228 e. The zero-order chi connectivity index (χ0) is 8.59. The van der Waals surface area contributed by atoms with E-state index >= 15 is 0 Å². The van der Waals surface area contributed by atoms with E-state index in [1.54, 1.807) is 0 Å². The number of aliphatic hydroxyl groups is 2. The third-order valence-corrected chi connectivity index (χ3v) is 2.00. The molecule has 0 aromatic carbocycles. The molecule has 2 unspecified atom stereocenters. The molecular formula is C7H13NO3. The molecule has 1 aliphatic rings. The Bertz CT molecular complexity index is 169. The van der Waals surface area contributed by atoms with Gasteiger partial charge in [0, 0.05) is 0 Å². The van der Waals surface area contributed by atoms with Gasteiger partial charge in [0.25, 0.3) is 0 Å². The average Bonchev–Trinajstić information content (AvgIpc) is 2.07. The van der Waals surface area contributed by atoms with Crippen molar-refractivity contribution < 1.29 is 15.0 Å². The van der Waals surface area contributed by atoms with Crippen LogP contribution in [0, 0.1) is 11.8 Å². The number of amides is 1. The van der Waals surface area contributed by atoms with Crippen LogP contribution in [0.15, 0.2) is 0 Å². The Hall–Kier alpha value is -0.610. The molecule has 0 aromatic heterocycles. The zero-order valence-corrected chi connectivity index (χ0v) is 6.61. The molecule has 0 bridgehead atoms. The summed E-state index contributed by atoms with van der Waals surface area (Å²) in [6.07, 6.45) is -2.04. The van der Waals surface area contributed by atoms with E-state index in [4.69, 9.17) is 5.11 Å². The van der Waals surface area contributed by atoms with Crippen LogP contribution in [0.3, 0.4) is 0 Å². The predicted molar refractivity (Wildman–Crippen MR) is 38.5 cm³/mol. The van der Waals surface area contributed by atoms with E-state index in [-0.39, 0.29) is 11.8 Å². The molecule has 11 heavy (non-hydrogen) atoms. The number of aliphatic hydroxyl groups excluding tert-OH is 2. The first kappa shape index (κ1) is 8.49. The maximum atomic E-state index is 11.0. The minimum absolute atomic E-state index is 0.0575. The van der Waals surface area contributed by atoms with Crippen LogP contribution in [0.25, 0.3) is 0 Å². The van der Waals surface area contributed by atoms with Crippen LogP contribution < -0.4 is 5.32 Å². The maximum Gasteiger partial charge on any atom is 0.228 e. The molecule has 1 amide bonds. The summed E-state index contributed by atoms with van der Waals surface area (Å²) in [5, 5.41) is 20.5. The number of carbonyl (C=O) groups excluding carboxylic acids is 1. The fourth-order valence-electron chi connectivity index (χ4n) is 1.38. The second-order valence-corrected chi connectivity index (χ2v) is 3.21. The van der Waals surface area contributed by atoms with Crippen molar-refractivity contribution in [2.75, 3.05) is 0 Å². The van der Waals surface area contributed by atoms with Gasteiger partial charge < -0.3 is 15.5 Å². The molecule has 0 spiro atoms. The van der Waals surface area contributed by atoms with Crippen LogP contribution in [0.2, 0.25) is 0 Å². The quantitative estimate of drug-likeness (QED) is 0.463. The number of carbonyl (C=O) groups is 1. The molecular weight excluding hydrogens is 146 g/mol. The van der Waals surface area contributed by atoms with Gasteiger partial charge in [-0.2, -0.15) is 0 Å². The second-order valence-electron chi connectivity index (χ2n) is 3.21. The van der Waals surface area contributed by atoms with Crippen molar-refractivity contribution in [3.05, 3.63) is 0 Å². The molecule has 3 N–H and O–H groups in total. The summed E-state index contributed by atoms with van der Waals surface area (Å²) in [6, 6.07) is 0. The lowest BCUT2D eigenvalue weighted by Gasteiger charge is -2.15. The molecule has 0 radical (unpaired) electrons. The third-order valence-electron chi connectivity index (χ3n) is 2.00. The van der Waals surface area contributed by atoms with Crippen molar-refractivity contribution in [3.63, 3.8) is 0 Å². The molecule has 0 aromatic rings. The zero-order valence-electron chi connectivity index (χ0n) is 6.61. The Morgan fingerprint density at radius 1 is 1.45 bits per heavy atom. The molecule has 1 saturated heterocycles. The van der Waals surface area contributed by atoms with Gasteiger partial charge in [0.05, 0.1) is 5.92 Å². The summed E-state index contributed by atoms with van der Waals surface area (Å²) in [6.45, 7) is 3.68. The number of nitrogens with one attached hydrogen (secondary N) is 1. The van der Waals surface area contributed by atoms with Crippen LogP contribution >= 0.6 is 0 Å². The van der Waals surface area contributed by atoms with Crippen molar-refractivity contribution >= 4 is 5.91 Å². The van der Waals surface area contributed by atoms with Crippen LogP contribution in [-0.4, -0.2) is 28.5 Å². The van der Waals surface area contributed by atoms with Gasteiger partial charge in [0.2, 0.25) is 5.91 Å². The Labute approximate surface area is 65.2 Å². The summed E-state index contributed by atoms with van der Waals surface area (Å²) in [5.41, 5.74) is 0. The third kappa shape index (κ3) is 1.36. The molecule has 64 valence electrons. The van der Waals surface area contributed by atoms with Gasteiger partial charge in [0.15, 0.2) is 6.23 Å². The summed E-state index contributed by atoms with van der Waals surface area (Å²) < 4.78 is 0. The van der Waals surface area contributed by atoms with E-state index in [1.807, 2.05) is 13.8 Å². The highest BCUT2D eigenvalue weighted by molar-refractivity contribution is 5.82. The Balaban J connectivity index is 2.71. The highest BCUT2D eigenvalue weighted by atomic mass is 16.3. The number of rotatable bonds is 1. The van der Waals surface area contributed by atoms with Crippen molar-refractivity contribution in [2.45, 2.75) is 26.2 Å². The van der Waals surface area contributed by atoms with Crippen LogP contribution in [0.1, 0.15) is 13.8 Å². The molecule has 1 aliphatic heterocycles. The van der Waals surface area contributed by atoms with E-state index in [1.165, 1.54) is 0 Å². The molecule has 4 heteroatoms. The summed E-state index contributed by atoms with van der Waals surface area (Å²) >= 11 is 0. The normalized spacial score (nSPS) is 37.9. The van der Waals surface area contributed by atoms with Crippen LogP contribution in [0.4, 0.5) is 0 Å². The van der Waals surface area contributed by atoms with Crippen molar-refractivity contribution in [1.29, 1.82) is 0 Å². The molecule has 1 rings (SSSR count). The predicted octanol–water partition coefficient (Wildman–Crippen LogP) is -0.932. The Kier molecular flexibility index (Phi) is 2.15. The van der Waals surface area contributed by atoms with E-state index in [9.17, 15) is 9.90 Å². The van der Waals surface area contributed by atoms with Gasteiger partial charge in [0.1, 0.15) is 6.10 Å². The van der Waals surface area contributed by atoms with Gasteiger partial charge in [-0.15, -0.1) is 0 Å². The summed E-state index contributed by atoms with van der Waals surface area (Å²) in [4.78, 5) is 11.0. The summed E-state index contributed by atoms with van der Waals surface area (Å²) in [5.74, 6) is -0.674. The van der Waals surface area contributed by atoms with Gasteiger partial charge in [-0.3, -0.25) is 4.79 Å². The molecule has 4 nitrogen and oxygen atoms in total. The fraction of sp³-hybridized carbons (Fsp3) is 0.857. The maximum absolute atomic E-state index is 11.0. The fourth-order valence-corrected chi connectivity index (χ4v) is 1.38. The minimum Gasteiger partial charge on any atom is -0.388 e. The average molecular weight is 159 g/mol. The van der Waals surface area contributed by atoms with E-state index in [0.717, 1.165) is 0 Å². The summed E-state index contributed by atoms with van der Waals surface area (Å²) in [7, 11) is 0. The first-order chi connectivity index (χ1) is 5.04. The SMILES string of the molecule is CC(C)C1C(=O)N[C@H](O)C1O. The van der Waals surface area contributed by atoms with E-state index in [0.29, 0.717) is 0 Å². The van der Waals surface area contributed by atoms with E-state index < -0.39 is 18.2 Å². The van der Waals surface area contributed by atoms with Crippen molar-refractivity contribution in [1.82, 2.24) is 5.32 Å². The lowest BCUT2D eigenvalue weighted by atomic mass is 9.92. The number of hydrogen-bond acceptors (Lipinski definition) is 3. The topological polar surface area (TPSA) is 69.6 Å².